The number of ether oxygens (including phenoxy) is 1. The van der Waals surface area contributed by atoms with E-state index in [4.69, 9.17) is 4.74 Å². The highest BCUT2D eigenvalue weighted by Crippen LogP contribution is 2.17. The van der Waals surface area contributed by atoms with Crippen molar-refractivity contribution >= 4 is 0 Å². The summed E-state index contributed by atoms with van der Waals surface area (Å²) in [5, 5.41) is 3.43. The Morgan fingerprint density at radius 2 is 1.95 bits per heavy atom. The van der Waals surface area contributed by atoms with E-state index in [2.05, 4.69) is 63.1 Å². The third-order valence-electron chi connectivity index (χ3n) is 3.82. The molecule has 4 nitrogen and oxygen atoms in total. The third-order valence-corrected chi connectivity index (χ3v) is 3.82. The number of aromatic nitrogens is 1. The van der Waals surface area contributed by atoms with E-state index < -0.39 is 0 Å². The minimum Gasteiger partial charge on any atom is -0.476 e. The molecule has 0 aliphatic rings. The van der Waals surface area contributed by atoms with Gasteiger partial charge in [-0.2, -0.15) is 0 Å². The van der Waals surface area contributed by atoms with E-state index >= 15 is 0 Å². The summed E-state index contributed by atoms with van der Waals surface area (Å²) >= 11 is 0. The average Bonchev–Trinajstić information content (AvgIpc) is 2.45. The molecular weight excluding hydrogens is 262 g/mol. The number of nitrogens with one attached hydrogen (secondary N) is 1. The average molecular weight is 293 g/mol. The maximum atomic E-state index is 5.94. The van der Waals surface area contributed by atoms with Crippen LogP contribution in [0.25, 0.3) is 0 Å². The molecule has 0 saturated carbocycles. The summed E-state index contributed by atoms with van der Waals surface area (Å²) in [5.74, 6) is 0.734. The largest absolute Gasteiger partial charge is 0.476 e. The summed E-state index contributed by atoms with van der Waals surface area (Å²) < 4.78 is 5.94. The Labute approximate surface area is 129 Å². The number of rotatable bonds is 9. The summed E-state index contributed by atoms with van der Waals surface area (Å²) in [6.07, 6.45) is 2.07. The number of hydrogen-bond acceptors (Lipinski definition) is 4. The van der Waals surface area contributed by atoms with Crippen LogP contribution in [0.4, 0.5) is 0 Å². The molecule has 1 N–H and O–H groups in total. The fourth-order valence-electron chi connectivity index (χ4n) is 1.77. The van der Waals surface area contributed by atoms with E-state index in [1.54, 1.807) is 0 Å². The normalized spacial score (nSPS) is 12.0. The van der Waals surface area contributed by atoms with Gasteiger partial charge in [0, 0.05) is 23.8 Å². The molecule has 1 rings (SSSR count). The van der Waals surface area contributed by atoms with Crippen molar-refractivity contribution in [2.24, 2.45) is 0 Å². The number of likely N-dealkylation sites (N-methyl/N-ethyl adjacent to an activating group) is 1. The lowest BCUT2D eigenvalue weighted by Crippen LogP contribution is -2.43. The van der Waals surface area contributed by atoms with Crippen molar-refractivity contribution in [3.05, 3.63) is 23.4 Å². The fourth-order valence-corrected chi connectivity index (χ4v) is 1.77. The van der Waals surface area contributed by atoms with Crippen LogP contribution in [-0.4, -0.2) is 42.7 Å². The van der Waals surface area contributed by atoms with Crippen molar-refractivity contribution in [1.29, 1.82) is 0 Å². The van der Waals surface area contributed by atoms with Gasteiger partial charge in [0.1, 0.15) is 6.61 Å². The van der Waals surface area contributed by atoms with Crippen molar-refractivity contribution in [2.75, 3.05) is 27.2 Å². The molecule has 21 heavy (non-hydrogen) atoms. The van der Waals surface area contributed by atoms with Gasteiger partial charge in [-0.1, -0.05) is 13.8 Å². The first-order valence-corrected chi connectivity index (χ1v) is 7.89. The molecule has 1 heterocycles. The van der Waals surface area contributed by atoms with E-state index in [9.17, 15) is 0 Å². The molecule has 0 aliphatic carbocycles. The quantitative estimate of drug-likeness (QED) is 0.710. The molecule has 0 atom stereocenters. The van der Waals surface area contributed by atoms with Gasteiger partial charge in [-0.25, -0.2) is 4.98 Å². The second kappa shape index (κ2) is 8.35. The fraction of sp³-hybridized carbons (Fsp3) is 0.706. The van der Waals surface area contributed by atoms with Gasteiger partial charge in [-0.3, -0.25) is 0 Å². The van der Waals surface area contributed by atoms with Gasteiger partial charge < -0.3 is 15.0 Å². The monoisotopic (exact) mass is 293 g/mol. The van der Waals surface area contributed by atoms with Crippen LogP contribution >= 0.6 is 0 Å². The van der Waals surface area contributed by atoms with Crippen molar-refractivity contribution in [3.8, 4) is 5.88 Å². The smallest absolute Gasteiger partial charge is 0.213 e. The molecule has 0 amide bonds. The summed E-state index contributed by atoms with van der Waals surface area (Å²) in [6.45, 7) is 11.2. The maximum Gasteiger partial charge on any atom is 0.213 e. The zero-order chi connectivity index (χ0) is 15.9. The minimum absolute atomic E-state index is 0.00940. The van der Waals surface area contributed by atoms with Gasteiger partial charge in [-0.05, 0) is 59.0 Å². The highest BCUT2D eigenvalue weighted by molar-refractivity contribution is 5.25. The lowest BCUT2D eigenvalue weighted by atomic mass is 10.1. The van der Waals surface area contributed by atoms with Crippen molar-refractivity contribution in [2.45, 2.75) is 52.6 Å². The van der Waals surface area contributed by atoms with Crippen LogP contribution in [0.3, 0.4) is 0 Å². The Morgan fingerprint density at radius 1 is 1.24 bits per heavy atom. The lowest BCUT2D eigenvalue weighted by molar-refractivity contribution is 0.111. The zero-order valence-electron chi connectivity index (χ0n) is 14.5. The molecule has 1 aromatic heterocycles. The second-order valence-corrected chi connectivity index (χ2v) is 6.33. The molecule has 0 fully saturated rings. The Morgan fingerprint density at radius 3 is 2.52 bits per heavy atom. The van der Waals surface area contributed by atoms with Gasteiger partial charge >= 0.3 is 0 Å². The van der Waals surface area contributed by atoms with Crippen LogP contribution in [0.1, 0.15) is 45.4 Å². The second-order valence-electron chi connectivity index (χ2n) is 6.33. The first-order chi connectivity index (χ1) is 9.89. The number of aryl methyl sites for hydroxylation is 1. The SMILES string of the molecule is CCCNCc1cc(CC)nc(OCC(C)(C)N(C)C)c1. The highest BCUT2D eigenvalue weighted by Gasteiger charge is 2.21. The van der Waals surface area contributed by atoms with Crippen LogP contribution in [0.15, 0.2) is 12.1 Å². The predicted molar refractivity (Wildman–Crippen MR) is 88.9 cm³/mol. The van der Waals surface area contributed by atoms with E-state index in [-0.39, 0.29) is 5.54 Å². The minimum atomic E-state index is -0.00940. The van der Waals surface area contributed by atoms with Crippen molar-refractivity contribution < 1.29 is 4.74 Å². The summed E-state index contributed by atoms with van der Waals surface area (Å²) in [6, 6.07) is 4.21. The topological polar surface area (TPSA) is 37.4 Å². The van der Waals surface area contributed by atoms with Gasteiger partial charge in [0.05, 0.1) is 0 Å². The van der Waals surface area contributed by atoms with Gasteiger partial charge in [0.15, 0.2) is 0 Å². The van der Waals surface area contributed by atoms with Gasteiger partial charge in [0.2, 0.25) is 5.88 Å². The van der Waals surface area contributed by atoms with Crippen LogP contribution in [0.2, 0.25) is 0 Å². The number of pyridine rings is 1. The third kappa shape index (κ3) is 6.02. The molecule has 1 aromatic rings. The van der Waals surface area contributed by atoms with Crippen LogP contribution in [0.5, 0.6) is 5.88 Å². The van der Waals surface area contributed by atoms with Crippen LogP contribution < -0.4 is 10.1 Å². The first-order valence-electron chi connectivity index (χ1n) is 7.89. The zero-order valence-corrected chi connectivity index (χ0v) is 14.5. The molecule has 0 radical (unpaired) electrons. The molecule has 0 unspecified atom stereocenters. The molecular formula is C17H31N3O. The van der Waals surface area contributed by atoms with Crippen LogP contribution in [-0.2, 0) is 13.0 Å². The standard InChI is InChI=1S/C17H31N3O/c1-7-9-18-12-14-10-15(8-2)19-16(11-14)21-13-17(3,4)20(5)6/h10-11,18H,7-9,12-13H2,1-6H3. The lowest BCUT2D eigenvalue weighted by Gasteiger charge is -2.32. The molecule has 4 heteroatoms. The Balaban J connectivity index is 2.74. The number of hydrogen-bond donors (Lipinski definition) is 1. The van der Waals surface area contributed by atoms with E-state index in [1.165, 1.54) is 5.56 Å². The Kier molecular flexibility index (Phi) is 7.12. The highest BCUT2D eigenvalue weighted by atomic mass is 16.5. The molecule has 0 saturated heterocycles. The van der Waals surface area contributed by atoms with Gasteiger partial charge in [0.25, 0.3) is 0 Å². The molecule has 0 bridgehead atoms. The van der Waals surface area contributed by atoms with E-state index in [0.29, 0.717) is 6.61 Å². The summed E-state index contributed by atoms with van der Waals surface area (Å²) in [5.41, 5.74) is 2.32. The Bertz CT molecular complexity index is 430. The molecule has 120 valence electrons. The van der Waals surface area contributed by atoms with Crippen molar-refractivity contribution in [3.63, 3.8) is 0 Å². The maximum absolute atomic E-state index is 5.94. The molecule has 0 aromatic carbocycles. The van der Waals surface area contributed by atoms with E-state index in [0.717, 1.165) is 37.5 Å². The van der Waals surface area contributed by atoms with Crippen LogP contribution in [0, 0.1) is 0 Å². The Hall–Kier alpha value is -1.13. The summed E-state index contributed by atoms with van der Waals surface area (Å²) in [4.78, 5) is 6.74. The number of nitrogens with zero attached hydrogens (tertiary/aromatic N) is 2. The van der Waals surface area contributed by atoms with Gasteiger partial charge in [-0.15, -0.1) is 0 Å². The van der Waals surface area contributed by atoms with Crippen molar-refractivity contribution in [1.82, 2.24) is 15.2 Å². The van der Waals surface area contributed by atoms with E-state index in [1.807, 2.05) is 6.07 Å². The first kappa shape index (κ1) is 17.9. The molecule has 0 aliphatic heterocycles. The predicted octanol–water partition coefficient (Wildman–Crippen LogP) is 2.86. The summed E-state index contributed by atoms with van der Waals surface area (Å²) in [7, 11) is 4.14. The molecule has 0 spiro atoms.